The van der Waals surface area contributed by atoms with Gasteiger partial charge in [-0.2, -0.15) is 8.42 Å². The monoisotopic (exact) mass is 258 g/mol. The van der Waals surface area contributed by atoms with Crippen LogP contribution in [0.2, 0.25) is 0 Å². The Bertz CT molecular complexity index is 460. The third-order valence-corrected chi connectivity index (χ3v) is 1.70. The first kappa shape index (κ1) is 15.0. The Morgan fingerprint density at radius 3 is 2.33 bits per heavy atom. The van der Waals surface area contributed by atoms with Gasteiger partial charge >= 0.3 is 67.8 Å². The van der Waals surface area contributed by atoms with Crippen molar-refractivity contribution in [3.05, 3.63) is 29.8 Å². The van der Waals surface area contributed by atoms with Crippen molar-refractivity contribution in [1.82, 2.24) is 0 Å². The van der Waals surface area contributed by atoms with Crippen LogP contribution in [0.1, 0.15) is 11.8 Å². The summed E-state index contributed by atoms with van der Waals surface area (Å²) >= 11 is 0. The molecular formula is C7H7KO6S. The Morgan fingerprint density at radius 1 is 1.33 bits per heavy atom. The molecule has 0 saturated carbocycles. The normalized spacial score (nSPS) is 10.2. The van der Waals surface area contributed by atoms with Crippen molar-refractivity contribution in [1.29, 1.82) is 0 Å². The molecule has 0 aliphatic heterocycles. The maximum absolute atomic E-state index is 10.6. The molecule has 2 N–H and O–H groups in total. The van der Waals surface area contributed by atoms with Gasteiger partial charge in [0.1, 0.15) is 5.56 Å². The fraction of sp³-hybridized carbons (Fsp3) is 0. The molecule has 0 radical (unpaired) electrons. The van der Waals surface area contributed by atoms with Gasteiger partial charge in [0.25, 0.3) is 0 Å². The van der Waals surface area contributed by atoms with Crippen LogP contribution in [0, 0.1) is 0 Å². The number of rotatable bonds is 3. The predicted octanol–water partition coefficient (Wildman–Crippen LogP) is -2.32. The van der Waals surface area contributed by atoms with Crippen LogP contribution >= 0.6 is 0 Å². The van der Waals surface area contributed by atoms with E-state index in [-0.39, 0.29) is 58.4 Å². The minimum absolute atomic E-state index is 0. The molecule has 6 nitrogen and oxygen atoms in total. The molecule has 0 saturated heterocycles. The van der Waals surface area contributed by atoms with Gasteiger partial charge in [-0.25, -0.2) is 4.79 Å². The van der Waals surface area contributed by atoms with Crippen LogP contribution in [0.3, 0.4) is 0 Å². The molecule has 0 atom stereocenters. The molecule has 0 aromatic heterocycles. The third kappa shape index (κ3) is 5.07. The van der Waals surface area contributed by atoms with Crippen molar-refractivity contribution in [3.8, 4) is 5.75 Å². The minimum Gasteiger partial charge on any atom is -1.00 e. The van der Waals surface area contributed by atoms with E-state index >= 15 is 0 Å². The molecule has 0 aliphatic carbocycles. The van der Waals surface area contributed by atoms with Gasteiger partial charge in [-0.05, 0) is 12.1 Å². The summed E-state index contributed by atoms with van der Waals surface area (Å²) < 4.78 is 33.0. The van der Waals surface area contributed by atoms with E-state index in [4.69, 9.17) is 9.66 Å². The fourth-order valence-corrected chi connectivity index (χ4v) is 1.20. The molecule has 0 heterocycles. The van der Waals surface area contributed by atoms with Gasteiger partial charge in [0.15, 0.2) is 5.75 Å². The largest absolute Gasteiger partial charge is 1.00 e. The Balaban J connectivity index is 0. The van der Waals surface area contributed by atoms with Crippen molar-refractivity contribution >= 4 is 16.4 Å². The smallest absolute Gasteiger partial charge is 1.00 e. The zero-order valence-electron chi connectivity index (χ0n) is 8.75. The van der Waals surface area contributed by atoms with Crippen LogP contribution in [0.5, 0.6) is 5.75 Å². The maximum Gasteiger partial charge on any atom is 1.00 e. The van der Waals surface area contributed by atoms with Crippen LogP contribution in [-0.4, -0.2) is 24.0 Å². The van der Waals surface area contributed by atoms with Crippen LogP contribution in [0.15, 0.2) is 24.3 Å². The Kier molecular flexibility index (Phi) is 5.96. The molecule has 0 fully saturated rings. The molecular weight excluding hydrogens is 251 g/mol. The Morgan fingerprint density at radius 2 is 1.87 bits per heavy atom. The number of hydrogen-bond donors (Lipinski definition) is 2. The van der Waals surface area contributed by atoms with Gasteiger partial charge in [-0.3, -0.25) is 4.55 Å². The summed E-state index contributed by atoms with van der Waals surface area (Å²) in [5, 5.41) is 8.61. The fourth-order valence-electron chi connectivity index (χ4n) is 0.829. The van der Waals surface area contributed by atoms with Crippen molar-refractivity contribution < 1.29 is 79.9 Å². The number of hydrogen-bond acceptors (Lipinski definition) is 4. The van der Waals surface area contributed by atoms with Crippen molar-refractivity contribution in [2.24, 2.45) is 0 Å². The molecule has 1 rings (SSSR count). The molecule has 0 spiro atoms. The molecule has 0 amide bonds. The topological polar surface area (TPSA) is 101 Å². The van der Waals surface area contributed by atoms with E-state index in [9.17, 15) is 13.2 Å². The van der Waals surface area contributed by atoms with Gasteiger partial charge in [0.2, 0.25) is 0 Å². The number of carbonyl (C=O) groups is 1. The van der Waals surface area contributed by atoms with Crippen molar-refractivity contribution in [2.45, 2.75) is 0 Å². The molecule has 8 heteroatoms. The standard InChI is InChI=1S/C7H6O6S.K.H/c8-7(9)5-3-1-2-4-6(5)13-14(10,11)12;;/h1-4H,(H,8,9)(H,10,11,12);;/q;+1;-1. The van der Waals surface area contributed by atoms with Gasteiger partial charge < -0.3 is 10.7 Å². The summed E-state index contributed by atoms with van der Waals surface area (Å²) in [6.45, 7) is 0. The maximum atomic E-state index is 10.6. The summed E-state index contributed by atoms with van der Waals surface area (Å²) in [4.78, 5) is 10.6. The molecule has 15 heavy (non-hydrogen) atoms. The van der Waals surface area contributed by atoms with Crippen molar-refractivity contribution in [3.63, 3.8) is 0 Å². The van der Waals surface area contributed by atoms with Crippen LogP contribution in [0.4, 0.5) is 0 Å². The second-order valence-electron chi connectivity index (χ2n) is 2.31. The summed E-state index contributed by atoms with van der Waals surface area (Å²) in [7, 11) is -4.70. The van der Waals surface area contributed by atoms with E-state index in [0.29, 0.717) is 0 Å². The van der Waals surface area contributed by atoms with Gasteiger partial charge in [0.05, 0.1) is 0 Å². The molecule has 78 valence electrons. The van der Waals surface area contributed by atoms with Gasteiger partial charge in [-0.1, -0.05) is 12.1 Å². The summed E-state index contributed by atoms with van der Waals surface area (Å²) in [5.74, 6) is -1.77. The second kappa shape index (κ2) is 5.94. The first-order valence-electron chi connectivity index (χ1n) is 3.39. The molecule has 0 aliphatic rings. The zero-order chi connectivity index (χ0) is 10.8. The summed E-state index contributed by atoms with van der Waals surface area (Å²) in [6.07, 6.45) is 0. The van der Waals surface area contributed by atoms with Gasteiger partial charge in [-0.15, -0.1) is 0 Å². The molecule has 1 aromatic rings. The quantitative estimate of drug-likeness (QED) is 0.466. The van der Waals surface area contributed by atoms with Crippen LogP contribution in [-0.2, 0) is 10.4 Å². The number of carboxylic acid groups (broad SMARTS) is 1. The Hall–Kier alpha value is 0.0364. The number of benzene rings is 1. The van der Waals surface area contributed by atoms with Crippen LogP contribution < -0.4 is 55.6 Å². The minimum atomic E-state index is -4.70. The second-order valence-corrected chi connectivity index (χ2v) is 3.33. The third-order valence-electron chi connectivity index (χ3n) is 1.31. The van der Waals surface area contributed by atoms with E-state index in [0.717, 1.165) is 12.1 Å². The molecule has 0 bridgehead atoms. The van der Waals surface area contributed by atoms with E-state index in [1.165, 1.54) is 12.1 Å². The van der Waals surface area contributed by atoms with Gasteiger partial charge in [0, 0.05) is 0 Å². The van der Waals surface area contributed by atoms with E-state index in [2.05, 4.69) is 4.18 Å². The van der Waals surface area contributed by atoms with E-state index in [1.54, 1.807) is 0 Å². The average Bonchev–Trinajstić information content (AvgIpc) is 2.01. The number of aromatic carboxylic acids is 1. The molecule has 0 unspecified atom stereocenters. The average molecular weight is 258 g/mol. The zero-order valence-corrected chi connectivity index (χ0v) is 11.7. The van der Waals surface area contributed by atoms with E-state index < -0.39 is 22.1 Å². The number of carboxylic acids is 1. The van der Waals surface area contributed by atoms with E-state index in [1.807, 2.05) is 0 Å². The summed E-state index contributed by atoms with van der Waals surface area (Å²) in [5.41, 5.74) is -0.342. The predicted molar refractivity (Wildman–Crippen MR) is 46.7 cm³/mol. The molecule has 1 aromatic carbocycles. The SMILES string of the molecule is O=C(O)c1ccccc1OS(=O)(=O)O.[H-].[K+]. The Labute approximate surface area is 130 Å². The van der Waals surface area contributed by atoms with Crippen LogP contribution in [0.25, 0.3) is 0 Å². The number of para-hydroxylation sites is 1. The van der Waals surface area contributed by atoms with Crippen molar-refractivity contribution in [2.75, 3.05) is 0 Å². The first-order valence-corrected chi connectivity index (χ1v) is 4.76. The first-order chi connectivity index (χ1) is 6.40. The summed E-state index contributed by atoms with van der Waals surface area (Å²) in [6, 6.07) is 5.06.